The molecule has 0 aliphatic carbocycles. The third-order valence-electron chi connectivity index (χ3n) is 4.12. The molecule has 2 aromatic rings. The summed E-state index contributed by atoms with van der Waals surface area (Å²) < 4.78 is 10.8. The van der Waals surface area contributed by atoms with E-state index in [1.54, 1.807) is 7.11 Å². The third kappa shape index (κ3) is 4.32. The molecule has 0 saturated carbocycles. The quantitative estimate of drug-likeness (QED) is 0.590. The lowest BCUT2D eigenvalue weighted by Gasteiger charge is -2.31. The first-order valence-electron chi connectivity index (χ1n) is 7.82. The highest BCUT2D eigenvalue weighted by Crippen LogP contribution is 2.47. The molecule has 0 bridgehead atoms. The van der Waals surface area contributed by atoms with E-state index in [0.29, 0.717) is 8.58 Å². The Hall–Kier alpha value is -1.41. The van der Waals surface area contributed by atoms with Crippen molar-refractivity contribution >= 4 is 13.9 Å². The second-order valence-electron chi connectivity index (χ2n) is 5.67. The van der Waals surface area contributed by atoms with Gasteiger partial charge in [-0.1, -0.05) is 64.9 Å². The zero-order chi connectivity index (χ0) is 16.7. The number of aliphatic hydroxyl groups is 1. The molecule has 0 saturated heterocycles. The van der Waals surface area contributed by atoms with Crippen molar-refractivity contribution in [1.82, 2.24) is 0 Å². The van der Waals surface area contributed by atoms with E-state index in [1.165, 1.54) is 10.9 Å². The number of rotatable bonds is 8. The fourth-order valence-electron chi connectivity index (χ4n) is 2.59. The number of hydrogen-bond acceptors (Lipinski definition) is 3. The van der Waals surface area contributed by atoms with Crippen LogP contribution in [0.15, 0.2) is 48.5 Å². The van der Waals surface area contributed by atoms with Crippen molar-refractivity contribution in [3.63, 3.8) is 0 Å². The molecule has 2 unspecified atom stereocenters. The van der Waals surface area contributed by atoms with Crippen LogP contribution < -0.4 is 10.0 Å². The minimum Gasteiger partial charge on any atom is -0.467 e. The zero-order valence-corrected chi connectivity index (χ0v) is 15.0. The average Bonchev–Trinajstić information content (AvgIpc) is 2.60. The number of aliphatic hydroxyl groups excluding tert-OH is 1. The molecular weight excluding hydrogens is 307 g/mol. The molecule has 4 heteroatoms. The van der Waals surface area contributed by atoms with Gasteiger partial charge in [-0.25, -0.2) is 0 Å². The summed E-state index contributed by atoms with van der Waals surface area (Å²) in [7, 11) is 2.18. The van der Waals surface area contributed by atoms with Gasteiger partial charge in [-0.2, -0.15) is 0 Å². The molecule has 23 heavy (non-hydrogen) atoms. The number of hydrogen-bond donors (Lipinski definition) is 1. The van der Waals surface area contributed by atoms with Crippen molar-refractivity contribution < 1.29 is 14.6 Å². The predicted molar refractivity (Wildman–Crippen MR) is 96.9 cm³/mol. The Morgan fingerprint density at radius 2 is 1.78 bits per heavy atom. The monoisotopic (exact) mass is 332 g/mol. The van der Waals surface area contributed by atoms with Crippen LogP contribution in [0.4, 0.5) is 0 Å². The summed E-state index contributed by atoms with van der Waals surface area (Å²) in [5.74, 6) is 0.868. The summed E-state index contributed by atoms with van der Waals surface area (Å²) in [5, 5.41) is 10.8. The van der Waals surface area contributed by atoms with Crippen molar-refractivity contribution in [2.24, 2.45) is 0 Å². The Morgan fingerprint density at radius 3 is 2.48 bits per heavy atom. The van der Waals surface area contributed by atoms with Crippen LogP contribution in [-0.2, 0) is 16.5 Å². The SMILES string of the molecule is CCC(C)(Pc1ccccc1CO)c1ccccc1OCOC. The highest BCUT2D eigenvalue weighted by atomic mass is 31.1. The molecule has 0 aliphatic heterocycles. The van der Waals surface area contributed by atoms with Crippen LogP contribution >= 0.6 is 8.58 Å². The number of benzene rings is 2. The minimum absolute atomic E-state index is 0.0460. The molecule has 3 nitrogen and oxygen atoms in total. The van der Waals surface area contributed by atoms with Gasteiger partial charge in [-0.15, -0.1) is 0 Å². The van der Waals surface area contributed by atoms with Crippen LogP contribution in [-0.4, -0.2) is 19.0 Å². The Kier molecular flexibility index (Phi) is 6.59. The Morgan fingerprint density at radius 1 is 1.09 bits per heavy atom. The highest BCUT2D eigenvalue weighted by Gasteiger charge is 2.29. The summed E-state index contributed by atoms with van der Waals surface area (Å²) in [4.78, 5) is 0. The number of methoxy groups -OCH3 is 1. The van der Waals surface area contributed by atoms with Gasteiger partial charge in [0, 0.05) is 17.8 Å². The van der Waals surface area contributed by atoms with Crippen molar-refractivity contribution in [2.75, 3.05) is 13.9 Å². The number of para-hydroxylation sites is 1. The van der Waals surface area contributed by atoms with Crippen molar-refractivity contribution in [3.05, 3.63) is 59.7 Å². The standard InChI is InChI=1S/C19H25O3P/c1-4-19(2,23-18-12-8-5-9-15(18)13-20)16-10-6-7-11-17(16)22-14-21-3/h5-12,20,23H,4,13-14H2,1-3H3. The van der Waals surface area contributed by atoms with Gasteiger partial charge in [-0.05, 0) is 23.4 Å². The van der Waals surface area contributed by atoms with E-state index in [4.69, 9.17) is 9.47 Å². The molecule has 2 aromatic carbocycles. The van der Waals surface area contributed by atoms with Gasteiger partial charge in [0.05, 0.1) is 6.61 Å². The maximum atomic E-state index is 9.59. The van der Waals surface area contributed by atoms with Gasteiger partial charge in [0.1, 0.15) is 5.75 Å². The van der Waals surface area contributed by atoms with Crippen LogP contribution in [0.5, 0.6) is 5.75 Å². The summed E-state index contributed by atoms with van der Waals surface area (Å²) in [5.41, 5.74) is 2.19. The van der Waals surface area contributed by atoms with Gasteiger partial charge in [0.25, 0.3) is 0 Å². The van der Waals surface area contributed by atoms with Crippen LogP contribution in [0.3, 0.4) is 0 Å². The molecule has 0 amide bonds. The van der Waals surface area contributed by atoms with E-state index in [-0.39, 0.29) is 18.6 Å². The van der Waals surface area contributed by atoms with Crippen LogP contribution in [0.2, 0.25) is 0 Å². The second kappa shape index (κ2) is 8.44. The first kappa shape index (κ1) is 17.9. The maximum Gasteiger partial charge on any atom is 0.188 e. The zero-order valence-electron chi connectivity index (χ0n) is 14.0. The van der Waals surface area contributed by atoms with E-state index in [1.807, 2.05) is 36.4 Å². The molecule has 0 spiro atoms. The van der Waals surface area contributed by atoms with Crippen molar-refractivity contribution in [3.8, 4) is 5.75 Å². The Balaban J connectivity index is 2.37. The molecule has 0 heterocycles. The number of ether oxygens (including phenoxy) is 2. The predicted octanol–water partition coefficient (Wildman–Crippen LogP) is 3.79. The topological polar surface area (TPSA) is 38.7 Å². The molecule has 1 N–H and O–H groups in total. The van der Waals surface area contributed by atoms with Crippen molar-refractivity contribution in [1.29, 1.82) is 0 Å². The van der Waals surface area contributed by atoms with Crippen LogP contribution in [0, 0.1) is 0 Å². The lowest BCUT2D eigenvalue weighted by atomic mass is 9.96. The molecule has 0 radical (unpaired) electrons. The lowest BCUT2D eigenvalue weighted by molar-refractivity contribution is 0.0500. The van der Waals surface area contributed by atoms with Gasteiger partial charge in [0.2, 0.25) is 0 Å². The summed E-state index contributed by atoms with van der Waals surface area (Å²) in [6, 6.07) is 16.3. The van der Waals surface area contributed by atoms with E-state index >= 15 is 0 Å². The van der Waals surface area contributed by atoms with Crippen molar-refractivity contribution in [2.45, 2.75) is 32.0 Å². The van der Waals surface area contributed by atoms with Gasteiger partial charge >= 0.3 is 0 Å². The Bertz CT molecular complexity index is 630. The normalized spacial score (nSPS) is 14.1. The van der Waals surface area contributed by atoms with E-state index in [9.17, 15) is 5.11 Å². The largest absolute Gasteiger partial charge is 0.467 e. The van der Waals surface area contributed by atoms with Crippen LogP contribution in [0.25, 0.3) is 0 Å². The second-order valence-corrected chi connectivity index (χ2v) is 7.57. The minimum atomic E-state index is -0.0460. The molecule has 0 aliphatic rings. The van der Waals surface area contributed by atoms with Gasteiger partial charge < -0.3 is 14.6 Å². The van der Waals surface area contributed by atoms with E-state index < -0.39 is 0 Å². The van der Waals surface area contributed by atoms with Crippen LogP contribution in [0.1, 0.15) is 31.4 Å². The molecule has 0 fully saturated rings. The average molecular weight is 332 g/mol. The molecular formula is C19H25O3P. The first-order chi connectivity index (χ1) is 11.1. The lowest BCUT2D eigenvalue weighted by Crippen LogP contribution is -2.21. The highest BCUT2D eigenvalue weighted by molar-refractivity contribution is 7.48. The molecule has 0 aromatic heterocycles. The molecule has 124 valence electrons. The van der Waals surface area contributed by atoms with E-state index in [2.05, 4.69) is 26.0 Å². The van der Waals surface area contributed by atoms with E-state index in [0.717, 1.165) is 17.7 Å². The fraction of sp³-hybridized carbons (Fsp3) is 0.368. The fourth-order valence-corrected chi connectivity index (χ4v) is 4.21. The smallest absolute Gasteiger partial charge is 0.188 e. The summed E-state index contributed by atoms with van der Waals surface area (Å²) in [6.45, 7) is 4.77. The molecule has 2 atom stereocenters. The molecule has 2 rings (SSSR count). The third-order valence-corrected chi connectivity index (χ3v) is 6.05. The first-order valence-corrected chi connectivity index (χ1v) is 8.82. The Labute approximate surface area is 140 Å². The maximum absolute atomic E-state index is 9.59. The van der Waals surface area contributed by atoms with Gasteiger partial charge in [-0.3, -0.25) is 0 Å². The summed E-state index contributed by atoms with van der Waals surface area (Å²) in [6.07, 6.45) is 0.985. The summed E-state index contributed by atoms with van der Waals surface area (Å²) >= 11 is 0. The van der Waals surface area contributed by atoms with Gasteiger partial charge in [0.15, 0.2) is 6.79 Å².